The van der Waals surface area contributed by atoms with Crippen LogP contribution in [0.4, 0.5) is 10.3 Å². The maximum atomic E-state index is 13.7. The van der Waals surface area contributed by atoms with E-state index < -0.39 is 5.82 Å². The van der Waals surface area contributed by atoms with E-state index in [1.807, 2.05) is 0 Å². The molecule has 0 bridgehead atoms. The molecule has 6 heteroatoms. The number of nitrogens with two attached hydrogens (primary N) is 1. The third kappa shape index (κ3) is 2.79. The van der Waals surface area contributed by atoms with Crippen molar-refractivity contribution in [3.63, 3.8) is 0 Å². The predicted molar refractivity (Wildman–Crippen MR) is 76.1 cm³/mol. The van der Waals surface area contributed by atoms with Crippen molar-refractivity contribution in [1.82, 2.24) is 15.0 Å². The molecule has 2 heterocycles. The van der Waals surface area contributed by atoms with E-state index in [9.17, 15) is 4.39 Å². The molecule has 104 valence electrons. The number of aromatic nitrogens is 3. The van der Waals surface area contributed by atoms with Gasteiger partial charge in [0.2, 0.25) is 11.8 Å². The van der Waals surface area contributed by atoms with Crippen LogP contribution in [0.15, 0.2) is 54.9 Å². The molecule has 0 aliphatic rings. The molecule has 2 N–H and O–H groups in total. The van der Waals surface area contributed by atoms with Gasteiger partial charge in [-0.2, -0.15) is 0 Å². The van der Waals surface area contributed by atoms with Gasteiger partial charge < -0.3 is 10.5 Å². The van der Waals surface area contributed by atoms with Crippen LogP contribution in [0.25, 0.3) is 11.3 Å². The fourth-order valence-electron chi connectivity index (χ4n) is 1.82. The van der Waals surface area contributed by atoms with Crippen LogP contribution in [0.2, 0.25) is 0 Å². The number of hydrogen-bond acceptors (Lipinski definition) is 5. The maximum Gasteiger partial charge on any atom is 0.228 e. The third-order valence-electron chi connectivity index (χ3n) is 2.76. The van der Waals surface area contributed by atoms with Crippen molar-refractivity contribution in [2.45, 2.75) is 0 Å². The van der Waals surface area contributed by atoms with E-state index >= 15 is 0 Å². The highest BCUT2D eigenvalue weighted by molar-refractivity contribution is 5.65. The first kappa shape index (κ1) is 13.0. The van der Waals surface area contributed by atoms with Crippen LogP contribution in [-0.4, -0.2) is 15.0 Å². The Morgan fingerprint density at radius 1 is 0.952 bits per heavy atom. The van der Waals surface area contributed by atoms with E-state index in [4.69, 9.17) is 10.5 Å². The Balaban J connectivity index is 2.03. The average Bonchev–Trinajstić information content (AvgIpc) is 2.50. The highest BCUT2D eigenvalue weighted by Gasteiger charge is 2.12. The van der Waals surface area contributed by atoms with Gasteiger partial charge in [-0.15, -0.1) is 0 Å². The molecule has 0 saturated carbocycles. The van der Waals surface area contributed by atoms with Gasteiger partial charge in [0.1, 0.15) is 0 Å². The summed E-state index contributed by atoms with van der Waals surface area (Å²) in [7, 11) is 0. The first-order valence-electron chi connectivity index (χ1n) is 6.20. The molecule has 0 spiro atoms. The van der Waals surface area contributed by atoms with Crippen molar-refractivity contribution < 1.29 is 9.13 Å². The number of rotatable bonds is 3. The van der Waals surface area contributed by atoms with Gasteiger partial charge in [0, 0.05) is 12.4 Å². The summed E-state index contributed by atoms with van der Waals surface area (Å²) in [4.78, 5) is 12.1. The molecule has 21 heavy (non-hydrogen) atoms. The van der Waals surface area contributed by atoms with E-state index in [0.29, 0.717) is 11.3 Å². The fraction of sp³-hybridized carbons (Fsp3) is 0. The van der Waals surface area contributed by atoms with Gasteiger partial charge in [0.05, 0.1) is 11.3 Å². The average molecular weight is 282 g/mol. The summed E-state index contributed by atoms with van der Waals surface area (Å²) < 4.78 is 19.2. The Kier molecular flexibility index (Phi) is 3.42. The standard InChI is InChI=1S/C15H11FN4O/c16-11-5-1-2-6-13(11)21-14-10(4-3-8-18-14)12-7-9-19-15(17)20-12/h1-9H,(H2,17,19,20). The molecule has 0 atom stereocenters. The minimum Gasteiger partial charge on any atom is -0.435 e. The molecule has 0 aliphatic heterocycles. The molecule has 0 saturated heterocycles. The topological polar surface area (TPSA) is 73.9 Å². The lowest BCUT2D eigenvalue weighted by molar-refractivity contribution is 0.429. The molecule has 2 aromatic heterocycles. The molecule has 0 fully saturated rings. The zero-order valence-electron chi connectivity index (χ0n) is 10.9. The molecule has 5 nitrogen and oxygen atoms in total. The lowest BCUT2D eigenvalue weighted by Gasteiger charge is -2.10. The van der Waals surface area contributed by atoms with Gasteiger partial charge in [0.15, 0.2) is 11.6 Å². The molecule has 1 aromatic carbocycles. The number of nitrogens with zero attached hydrogens (tertiary/aromatic N) is 3. The van der Waals surface area contributed by atoms with E-state index in [1.54, 1.807) is 36.5 Å². The molecule has 0 aliphatic carbocycles. The normalized spacial score (nSPS) is 10.3. The number of ether oxygens (including phenoxy) is 1. The summed E-state index contributed by atoms with van der Waals surface area (Å²) in [5, 5.41) is 0. The lowest BCUT2D eigenvalue weighted by Crippen LogP contribution is -1.98. The number of nitrogen functional groups attached to an aromatic ring is 1. The molecule has 0 amide bonds. The summed E-state index contributed by atoms with van der Waals surface area (Å²) in [6.07, 6.45) is 3.10. The zero-order chi connectivity index (χ0) is 14.7. The second-order valence-electron chi connectivity index (χ2n) is 4.19. The predicted octanol–water partition coefficient (Wildman–Crippen LogP) is 3.05. The summed E-state index contributed by atoms with van der Waals surface area (Å²) >= 11 is 0. The summed E-state index contributed by atoms with van der Waals surface area (Å²) in [6, 6.07) is 11.3. The Morgan fingerprint density at radius 2 is 1.81 bits per heavy atom. The second kappa shape index (κ2) is 5.54. The smallest absolute Gasteiger partial charge is 0.228 e. The number of pyridine rings is 1. The van der Waals surface area contributed by atoms with Gasteiger partial charge in [0.25, 0.3) is 0 Å². The van der Waals surface area contributed by atoms with Crippen molar-refractivity contribution in [3.05, 3.63) is 60.7 Å². The molecule has 0 unspecified atom stereocenters. The van der Waals surface area contributed by atoms with Gasteiger partial charge >= 0.3 is 0 Å². The van der Waals surface area contributed by atoms with Gasteiger partial charge in [-0.3, -0.25) is 0 Å². The highest BCUT2D eigenvalue weighted by Crippen LogP contribution is 2.31. The summed E-state index contributed by atoms with van der Waals surface area (Å²) in [5.41, 5.74) is 6.74. The fourth-order valence-corrected chi connectivity index (χ4v) is 1.82. The van der Waals surface area contributed by atoms with Gasteiger partial charge in [-0.05, 0) is 30.3 Å². The molecule has 3 rings (SSSR count). The SMILES string of the molecule is Nc1nccc(-c2cccnc2Oc2ccccc2F)n1. The number of halogens is 1. The van der Waals surface area contributed by atoms with Gasteiger partial charge in [-0.1, -0.05) is 12.1 Å². The molecular formula is C15H11FN4O. The Morgan fingerprint density at radius 3 is 2.62 bits per heavy atom. The van der Waals surface area contributed by atoms with Crippen molar-refractivity contribution in [3.8, 4) is 22.9 Å². The largest absolute Gasteiger partial charge is 0.435 e. The molecule has 0 radical (unpaired) electrons. The number of para-hydroxylation sites is 1. The van der Waals surface area contributed by atoms with E-state index in [0.717, 1.165) is 0 Å². The highest BCUT2D eigenvalue weighted by atomic mass is 19.1. The molecule has 3 aromatic rings. The molecular weight excluding hydrogens is 271 g/mol. The first-order chi connectivity index (χ1) is 10.2. The van der Waals surface area contributed by atoms with Crippen LogP contribution in [0.5, 0.6) is 11.6 Å². The van der Waals surface area contributed by atoms with Crippen molar-refractivity contribution in [2.24, 2.45) is 0 Å². The maximum absolute atomic E-state index is 13.7. The van der Waals surface area contributed by atoms with E-state index in [-0.39, 0.29) is 17.6 Å². The van der Waals surface area contributed by atoms with Crippen LogP contribution in [0.1, 0.15) is 0 Å². The number of anilines is 1. The summed E-state index contributed by atoms with van der Waals surface area (Å²) in [6.45, 7) is 0. The van der Waals surface area contributed by atoms with Gasteiger partial charge in [-0.25, -0.2) is 19.3 Å². The first-order valence-corrected chi connectivity index (χ1v) is 6.20. The van der Waals surface area contributed by atoms with Crippen LogP contribution >= 0.6 is 0 Å². The van der Waals surface area contributed by atoms with Crippen LogP contribution in [0, 0.1) is 5.82 Å². The van der Waals surface area contributed by atoms with Crippen LogP contribution in [-0.2, 0) is 0 Å². The third-order valence-corrected chi connectivity index (χ3v) is 2.76. The zero-order valence-corrected chi connectivity index (χ0v) is 10.9. The van der Waals surface area contributed by atoms with Crippen LogP contribution in [0.3, 0.4) is 0 Å². The Labute approximate surface area is 120 Å². The van der Waals surface area contributed by atoms with Crippen molar-refractivity contribution >= 4 is 5.95 Å². The van der Waals surface area contributed by atoms with E-state index in [2.05, 4.69) is 15.0 Å². The van der Waals surface area contributed by atoms with Crippen LogP contribution < -0.4 is 10.5 Å². The van der Waals surface area contributed by atoms with Crippen molar-refractivity contribution in [2.75, 3.05) is 5.73 Å². The minimum atomic E-state index is -0.462. The second-order valence-corrected chi connectivity index (χ2v) is 4.19. The lowest BCUT2D eigenvalue weighted by atomic mass is 10.2. The Bertz CT molecular complexity index is 779. The number of benzene rings is 1. The van der Waals surface area contributed by atoms with Crippen molar-refractivity contribution in [1.29, 1.82) is 0 Å². The Hall–Kier alpha value is -3.02. The van der Waals surface area contributed by atoms with E-state index in [1.165, 1.54) is 18.3 Å². The number of hydrogen-bond donors (Lipinski definition) is 1. The summed E-state index contributed by atoms with van der Waals surface area (Å²) in [5.74, 6) is 0.0321. The minimum absolute atomic E-state index is 0.0967. The monoisotopic (exact) mass is 282 g/mol. The quantitative estimate of drug-likeness (QED) is 0.799.